The van der Waals surface area contributed by atoms with Gasteiger partial charge in [0.1, 0.15) is 0 Å². The van der Waals surface area contributed by atoms with E-state index >= 15 is 0 Å². The SMILES string of the molecule is O=C(O)C1Cc2ccccc2N(CC(O)COCc2ccccc2)C1. The van der Waals surface area contributed by atoms with Gasteiger partial charge in [-0.25, -0.2) is 0 Å². The van der Waals surface area contributed by atoms with Crippen LogP contribution in [-0.4, -0.2) is 42.0 Å². The van der Waals surface area contributed by atoms with Gasteiger partial charge in [0.25, 0.3) is 0 Å². The molecule has 0 aliphatic carbocycles. The molecular formula is C20H23NO4. The van der Waals surface area contributed by atoms with Crippen LogP contribution in [0.5, 0.6) is 0 Å². The maximum Gasteiger partial charge on any atom is 0.308 e. The summed E-state index contributed by atoms with van der Waals surface area (Å²) in [5.74, 6) is -1.25. The largest absolute Gasteiger partial charge is 0.481 e. The van der Waals surface area contributed by atoms with E-state index in [1.807, 2.05) is 59.5 Å². The summed E-state index contributed by atoms with van der Waals surface area (Å²) < 4.78 is 5.59. The van der Waals surface area contributed by atoms with Gasteiger partial charge in [0.05, 0.1) is 25.2 Å². The number of carboxylic acids is 1. The Morgan fingerprint density at radius 3 is 2.64 bits per heavy atom. The van der Waals surface area contributed by atoms with Crippen LogP contribution in [0.4, 0.5) is 5.69 Å². The highest BCUT2D eigenvalue weighted by atomic mass is 16.5. The van der Waals surface area contributed by atoms with Gasteiger partial charge in [-0.05, 0) is 23.6 Å². The van der Waals surface area contributed by atoms with Crippen LogP contribution in [0.3, 0.4) is 0 Å². The molecular weight excluding hydrogens is 318 g/mol. The molecule has 0 spiro atoms. The Bertz CT molecular complexity index is 704. The van der Waals surface area contributed by atoms with E-state index in [9.17, 15) is 15.0 Å². The number of rotatable bonds is 7. The molecule has 1 aliphatic rings. The number of nitrogens with zero attached hydrogens (tertiary/aromatic N) is 1. The van der Waals surface area contributed by atoms with E-state index in [1.54, 1.807) is 0 Å². The number of ether oxygens (including phenoxy) is 1. The summed E-state index contributed by atoms with van der Waals surface area (Å²) in [5.41, 5.74) is 3.07. The molecule has 0 saturated carbocycles. The normalized spacial score (nSPS) is 17.8. The summed E-state index contributed by atoms with van der Waals surface area (Å²) in [6.07, 6.45) is -0.146. The minimum atomic E-state index is -0.797. The van der Waals surface area contributed by atoms with Gasteiger partial charge in [-0.1, -0.05) is 48.5 Å². The van der Waals surface area contributed by atoms with Crippen molar-refractivity contribution in [3.05, 3.63) is 65.7 Å². The maximum absolute atomic E-state index is 11.4. The topological polar surface area (TPSA) is 70.0 Å². The van der Waals surface area contributed by atoms with Crippen molar-refractivity contribution in [3.8, 4) is 0 Å². The van der Waals surface area contributed by atoms with Gasteiger partial charge in [-0.15, -0.1) is 0 Å². The molecule has 132 valence electrons. The minimum Gasteiger partial charge on any atom is -0.481 e. The first-order valence-electron chi connectivity index (χ1n) is 8.49. The van der Waals surface area contributed by atoms with E-state index in [0.29, 0.717) is 26.1 Å². The van der Waals surface area contributed by atoms with E-state index in [0.717, 1.165) is 16.8 Å². The summed E-state index contributed by atoms with van der Waals surface area (Å²) in [5, 5.41) is 19.7. The smallest absolute Gasteiger partial charge is 0.308 e. The van der Waals surface area contributed by atoms with Gasteiger partial charge in [0.15, 0.2) is 0 Å². The highest BCUT2D eigenvalue weighted by Crippen LogP contribution is 2.29. The van der Waals surface area contributed by atoms with Crippen LogP contribution in [0.2, 0.25) is 0 Å². The lowest BCUT2D eigenvalue weighted by atomic mass is 9.92. The molecule has 1 heterocycles. The minimum absolute atomic E-state index is 0.214. The zero-order chi connectivity index (χ0) is 17.6. The van der Waals surface area contributed by atoms with Gasteiger partial charge in [0, 0.05) is 18.8 Å². The van der Waals surface area contributed by atoms with Crippen molar-refractivity contribution in [2.24, 2.45) is 5.92 Å². The number of benzene rings is 2. The molecule has 2 unspecified atom stereocenters. The second-order valence-electron chi connectivity index (χ2n) is 6.43. The number of para-hydroxylation sites is 1. The van der Waals surface area contributed by atoms with E-state index in [2.05, 4.69) is 0 Å². The number of carbonyl (C=O) groups is 1. The van der Waals surface area contributed by atoms with Gasteiger partial charge in [-0.2, -0.15) is 0 Å². The Morgan fingerprint density at radius 2 is 1.88 bits per heavy atom. The van der Waals surface area contributed by atoms with Gasteiger partial charge >= 0.3 is 5.97 Å². The quantitative estimate of drug-likeness (QED) is 0.809. The number of aliphatic hydroxyl groups is 1. The number of aliphatic hydroxyl groups excluding tert-OH is 1. The first-order valence-corrected chi connectivity index (χ1v) is 8.49. The molecule has 1 aliphatic heterocycles. The summed E-state index contributed by atoms with van der Waals surface area (Å²) in [6.45, 7) is 1.43. The van der Waals surface area contributed by atoms with E-state index in [4.69, 9.17) is 4.74 Å². The summed E-state index contributed by atoms with van der Waals surface area (Å²) >= 11 is 0. The number of anilines is 1. The lowest BCUT2D eigenvalue weighted by molar-refractivity contribution is -0.141. The van der Waals surface area contributed by atoms with Crippen molar-refractivity contribution in [2.75, 3.05) is 24.6 Å². The second kappa shape index (κ2) is 8.14. The van der Waals surface area contributed by atoms with E-state index < -0.39 is 18.0 Å². The maximum atomic E-state index is 11.4. The zero-order valence-corrected chi connectivity index (χ0v) is 14.0. The fourth-order valence-corrected chi connectivity index (χ4v) is 3.22. The second-order valence-corrected chi connectivity index (χ2v) is 6.43. The van der Waals surface area contributed by atoms with E-state index in [1.165, 1.54) is 0 Å². The van der Waals surface area contributed by atoms with Crippen LogP contribution < -0.4 is 4.90 Å². The third-order valence-electron chi connectivity index (χ3n) is 4.44. The highest BCUT2D eigenvalue weighted by molar-refractivity contribution is 5.73. The molecule has 2 atom stereocenters. The predicted octanol–water partition coefficient (Wildman–Crippen LogP) is 2.33. The number of hydrogen-bond donors (Lipinski definition) is 2. The zero-order valence-electron chi connectivity index (χ0n) is 14.0. The Morgan fingerprint density at radius 1 is 1.16 bits per heavy atom. The number of aliphatic carboxylic acids is 1. The lowest BCUT2D eigenvalue weighted by Crippen LogP contribution is -2.43. The molecule has 5 heteroatoms. The first kappa shape index (κ1) is 17.5. The van der Waals surface area contributed by atoms with Crippen LogP contribution in [0.25, 0.3) is 0 Å². The number of carboxylic acid groups (broad SMARTS) is 1. The van der Waals surface area contributed by atoms with Crippen molar-refractivity contribution >= 4 is 11.7 Å². The molecule has 25 heavy (non-hydrogen) atoms. The fourth-order valence-electron chi connectivity index (χ4n) is 3.22. The molecule has 0 bridgehead atoms. The monoisotopic (exact) mass is 341 g/mol. The number of hydrogen-bond acceptors (Lipinski definition) is 4. The average Bonchev–Trinajstić information content (AvgIpc) is 2.62. The molecule has 3 rings (SSSR count). The lowest BCUT2D eigenvalue weighted by Gasteiger charge is -2.35. The molecule has 0 saturated heterocycles. The summed E-state index contributed by atoms with van der Waals surface area (Å²) in [6, 6.07) is 17.6. The number of β-amino-alcohol motifs (C(OH)–C–C–N with tert-alkyl or cyclic N) is 1. The molecule has 2 aromatic carbocycles. The van der Waals surface area contributed by atoms with Crippen LogP contribution in [0, 0.1) is 5.92 Å². The molecule has 2 N–H and O–H groups in total. The van der Waals surface area contributed by atoms with Crippen molar-refractivity contribution in [1.82, 2.24) is 0 Å². The van der Waals surface area contributed by atoms with Crippen molar-refractivity contribution in [1.29, 1.82) is 0 Å². The Balaban J connectivity index is 1.58. The molecule has 0 amide bonds. The third kappa shape index (κ3) is 4.59. The molecule has 0 aromatic heterocycles. The number of fused-ring (bicyclic) bond motifs is 1. The molecule has 2 aromatic rings. The first-order chi connectivity index (χ1) is 12.1. The van der Waals surface area contributed by atoms with Crippen LogP contribution in [0.15, 0.2) is 54.6 Å². The van der Waals surface area contributed by atoms with Gasteiger partial charge in [0.2, 0.25) is 0 Å². The molecule has 0 radical (unpaired) electrons. The van der Waals surface area contributed by atoms with Crippen molar-refractivity contribution in [2.45, 2.75) is 19.1 Å². The average molecular weight is 341 g/mol. The van der Waals surface area contributed by atoms with Crippen LogP contribution in [0.1, 0.15) is 11.1 Å². The summed E-state index contributed by atoms with van der Waals surface area (Å²) in [4.78, 5) is 13.4. The third-order valence-corrected chi connectivity index (χ3v) is 4.44. The molecule has 5 nitrogen and oxygen atoms in total. The van der Waals surface area contributed by atoms with Gasteiger partial charge < -0.3 is 19.8 Å². The Labute approximate surface area is 147 Å². The van der Waals surface area contributed by atoms with Crippen LogP contribution in [-0.2, 0) is 22.6 Å². The molecule has 0 fully saturated rings. The fraction of sp³-hybridized carbons (Fsp3) is 0.350. The standard InChI is InChI=1S/C20H23NO4/c22-18(14-25-13-15-6-2-1-3-7-15)12-21-11-17(20(23)24)10-16-8-4-5-9-19(16)21/h1-9,17-18,22H,10-14H2,(H,23,24). The highest BCUT2D eigenvalue weighted by Gasteiger charge is 2.29. The predicted molar refractivity (Wildman–Crippen MR) is 95.6 cm³/mol. The van der Waals surface area contributed by atoms with E-state index in [-0.39, 0.29) is 6.61 Å². The Kier molecular flexibility index (Phi) is 5.68. The van der Waals surface area contributed by atoms with Crippen molar-refractivity contribution in [3.63, 3.8) is 0 Å². The van der Waals surface area contributed by atoms with Crippen LogP contribution >= 0.6 is 0 Å². The Hall–Kier alpha value is -2.37. The van der Waals surface area contributed by atoms with Gasteiger partial charge in [-0.3, -0.25) is 4.79 Å². The summed E-state index contributed by atoms with van der Waals surface area (Å²) in [7, 11) is 0. The van der Waals surface area contributed by atoms with Crippen molar-refractivity contribution < 1.29 is 19.7 Å².